The van der Waals surface area contributed by atoms with Crippen LogP contribution in [0.15, 0.2) is 72.0 Å². The molecular formula is C29H34FN3O2. The van der Waals surface area contributed by atoms with Gasteiger partial charge in [-0.05, 0) is 68.0 Å². The Bertz CT molecular complexity index is 1110. The van der Waals surface area contributed by atoms with Gasteiger partial charge in [-0.2, -0.15) is 0 Å². The molecule has 0 radical (unpaired) electrons. The number of allylic oxidation sites excluding steroid dienone is 2. The summed E-state index contributed by atoms with van der Waals surface area (Å²) in [5, 5.41) is 3.22. The minimum absolute atomic E-state index is 0.0101. The third kappa shape index (κ3) is 6.05. The third-order valence-electron chi connectivity index (χ3n) is 7.15. The molecule has 1 saturated carbocycles. The normalized spacial score (nSPS) is 19.3. The number of hydrogen-bond donors (Lipinski definition) is 1. The van der Waals surface area contributed by atoms with E-state index in [-0.39, 0.29) is 30.2 Å². The van der Waals surface area contributed by atoms with Crippen LogP contribution in [-0.4, -0.2) is 28.9 Å². The van der Waals surface area contributed by atoms with Crippen LogP contribution in [0, 0.1) is 11.7 Å². The van der Waals surface area contributed by atoms with E-state index < -0.39 is 11.9 Å². The lowest BCUT2D eigenvalue weighted by Gasteiger charge is -2.36. The fourth-order valence-corrected chi connectivity index (χ4v) is 5.03. The SMILES string of the molecule is CC1=C(C(C(=O)NC2CCCCC2)N(C(=O)Cc2ccccn2)c2cccc(F)c2)C=CCC1C. The number of anilines is 1. The summed E-state index contributed by atoms with van der Waals surface area (Å²) in [7, 11) is 0. The number of nitrogens with zero attached hydrogens (tertiary/aromatic N) is 2. The number of aromatic nitrogens is 1. The molecule has 0 bridgehead atoms. The summed E-state index contributed by atoms with van der Waals surface area (Å²) in [5.74, 6) is -0.725. The first-order valence-electron chi connectivity index (χ1n) is 12.6. The van der Waals surface area contributed by atoms with E-state index in [1.54, 1.807) is 30.5 Å². The lowest BCUT2D eigenvalue weighted by molar-refractivity contribution is -0.126. The van der Waals surface area contributed by atoms with Gasteiger partial charge in [0, 0.05) is 23.6 Å². The number of benzene rings is 1. The highest BCUT2D eigenvalue weighted by Crippen LogP contribution is 2.32. The Balaban J connectivity index is 1.78. The van der Waals surface area contributed by atoms with Crippen LogP contribution >= 0.6 is 0 Å². The van der Waals surface area contributed by atoms with Gasteiger partial charge in [0.1, 0.15) is 11.9 Å². The fraction of sp³-hybridized carbons (Fsp3) is 0.414. The molecule has 1 aromatic heterocycles. The van der Waals surface area contributed by atoms with Crippen LogP contribution < -0.4 is 10.2 Å². The summed E-state index contributed by atoms with van der Waals surface area (Å²) in [5.41, 5.74) is 2.84. The average molecular weight is 476 g/mol. The highest BCUT2D eigenvalue weighted by molar-refractivity contribution is 6.03. The number of nitrogens with one attached hydrogen (secondary N) is 1. The van der Waals surface area contributed by atoms with Gasteiger partial charge in [0.15, 0.2) is 0 Å². The van der Waals surface area contributed by atoms with Gasteiger partial charge in [0.05, 0.1) is 6.42 Å². The van der Waals surface area contributed by atoms with Gasteiger partial charge in [0.25, 0.3) is 0 Å². The van der Waals surface area contributed by atoms with Crippen molar-refractivity contribution >= 4 is 17.5 Å². The van der Waals surface area contributed by atoms with Crippen LogP contribution in [0.25, 0.3) is 0 Å². The van der Waals surface area contributed by atoms with E-state index in [9.17, 15) is 14.0 Å². The quantitative estimate of drug-likeness (QED) is 0.573. The molecule has 2 atom stereocenters. The first kappa shape index (κ1) is 24.8. The molecule has 184 valence electrons. The summed E-state index contributed by atoms with van der Waals surface area (Å²) in [6.07, 6.45) is 11.8. The summed E-state index contributed by atoms with van der Waals surface area (Å²) in [4.78, 5) is 33.5. The van der Waals surface area contributed by atoms with Gasteiger partial charge >= 0.3 is 0 Å². The van der Waals surface area contributed by atoms with Crippen molar-refractivity contribution in [1.29, 1.82) is 0 Å². The standard InChI is InChI=1S/C29H34FN3O2/c1-20-10-8-16-26(21(20)2)28(29(35)32-23-12-4-3-5-13-23)33(25-15-9-11-22(30)18-25)27(34)19-24-14-6-7-17-31-24/h6-9,11,14-18,20,23,28H,3-5,10,12-13,19H2,1-2H3,(H,32,35). The molecule has 0 spiro atoms. The predicted octanol–water partition coefficient (Wildman–Crippen LogP) is 5.53. The topological polar surface area (TPSA) is 62.3 Å². The minimum atomic E-state index is -0.895. The zero-order valence-corrected chi connectivity index (χ0v) is 20.5. The Morgan fingerprint density at radius 1 is 1.14 bits per heavy atom. The smallest absolute Gasteiger partial charge is 0.248 e. The number of amides is 2. The number of halogens is 1. The maximum absolute atomic E-state index is 14.4. The maximum atomic E-state index is 14.4. The third-order valence-corrected chi connectivity index (χ3v) is 7.15. The monoisotopic (exact) mass is 475 g/mol. The van der Waals surface area contributed by atoms with Gasteiger partial charge in [-0.15, -0.1) is 0 Å². The van der Waals surface area contributed by atoms with Crippen molar-refractivity contribution in [3.63, 3.8) is 0 Å². The Morgan fingerprint density at radius 2 is 1.94 bits per heavy atom. The second kappa shape index (κ2) is 11.4. The first-order valence-corrected chi connectivity index (χ1v) is 12.6. The van der Waals surface area contributed by atoms with E-state index in [0.717, 1.165) is 43.3 Å². The number of pyridine rings is 1. The first-order chi connectivity index (χ1) is 16.9. The second-order valence-corrected chi connectivity index (χ2v) is 9.66. The number of carbonyl (C=O) groups excluding carboxylic acids is 2. The molecule has 1 heterocycles. The summed E-state index contributed by atoms with van der Waals surface area (Å²) < 4.78 is 14.4. The molecule has 2 aromatic rings. The molecule has 35 heavy (non-hydrogen) atoms. The van der Waals surface area contributed by atoms with Gasteiger partial charge in [-0.3, -0.25) is 19.5 Å². The van der Waals surface area contributed by atoms with Crippen molar-refractivity contribution in [2.45, 2.75) is 70.9 Å². The molecule has 2 amide bonds. The minimum Gasteiger partial charge on any atom is -0.351 e. The van der Waals surface area contributed by atoms with Crippen molar-refractivity contribution in [3.8, 4) is 0 Å². The fourth-order valence-electron chi connectivity index (χ4n) is 5.03. The van der Waals surface area contributed by atoms with Crippen molar-refractivity contribution in [2.24, 2.45) is 5.92 Å². The Hall–Kier alpha value is -3.28. The van der Waals surface area contributed by atoms with Gasteiger partial charge in [-0.25, -0.2) is 4.39 Å². The van der Waals surface area contributed by atoms with Crippen LogP contribution in [0.1, 0.15) is 58.1 Å². The zero-order valence-electron chi connectivity index (χ0n) is 20.5. The van der Waals surface area contributed by atoms with Crippen LogP contribution in [0.2, 0.25) is 0 Å². The molecule has 6 heteroatoms. The van der Waals surface area contributed by atoms with Gasteiger partial charge < -0.3 is 5.32 Å². The van der Waals surface area contributed by atoms with E-state index in [1.807, 2.05) is 19.1 Å². The molecule has 1 fully saturated rings. The van der Waals surface area contributed by atoms with E-state index in [0.29, 0.717) is 11.4 Å². The molecule has 1 N–H and O–H groups in total. The number of hydrogen-bond acceptors (Lipinski definition) is 3. The van der Waals surface area contributed by atoms with E-state index in [4.69, 9.17) is 0 Å². The van der Waals surface area contributed by atoms with Crippen LogP contribution in [0.4, 0.5) is 10.1 Å². The molecule has 4 rings (SSSR count). The van der Waals surface area contributed by atoms with E-state index in [1.165, 1.54) is 23.5 Å². The van der Waals surface area contributed by atoms with Crippen molar-refractivity contribution in [1.82, 2.24) is 10.3 Å². The highest BCUT2D eigenvalue weighted by atomic mass is 19.1. The van der Waals surface area contributed by atoms with Crippen molar-refractivity contribution in [2.75, 3.05) is 4.90 Å². The molecular weight excluding hydrogens is 441 g/mol. The van der Waals surface area contributed by atoms with Crippen LogP contribution in [0.5, 0.6) is 0 Å². The lowest BCUT2D eigenvalue weighted by Crippen LogP contribution is -2.54. The zero-order chi connectivity index (χ0) is 24.8. The number of carbonyl (C=O) groups is 2. The molecule has 0 aliphatic heterocycles. The van der Waals surface area contributed by atoms with Crippen molar-refractivity contribution < 1.29 is 14.0 Å². The summed E-state index contributed by atoms with van der Waals surface area (Å²) in [6.45, 7) is 4.15. The summed E-state index contributed by atoms with van der Waals surface area (Å²) >= 11 is 0. The predicted molar refractivity (Wildman–Crippen MR) is 136 cm³/mol. The Kier molecular flexibility index (Phi) is 8.11. The van der Waals surface area contributed by atoms with Crippen molar-refractivity contribution in [3.05, 3.63) is 83.5 Å². The molecule has 5 nitrogen and oxygen atoms in total. The highest BCUT2D eigenvalue weighted by Gasteiger charge is 2.36. The Morgan fingerprint density at radius 3 is 2.66 bits per heavy atom. The molecule has 0 saturated heterocycles. The molecule has 2 aliphatic carbocycles. The summed E-state index contributed by atoms with van der Waals surface area (Å²) in [6, 6.07) is 10.5. The largest absolute Gasteiger partial charge is 0.351 e. The Labute approximate surface area is 207 Å². The average Bonchev–Trinajstić information content (AvgIpc) is 2.85. The van der Waals surface area contributed by atoms with Gasteiger partial charge in [-0.1, -0.05) is 56.0 Å². The van der Waals surface area contributed by atoms with E-state index in [2.05, 4.69) is 23.3 Å². The van der Waals surface area contributed by atoms with E-state index >= 15 is 0 Å². The van der Waals surface area contributed by atoms with Gasteiger partial charge in [0.2, 0.25) is 11.8 Å². The lowest BCUT2D eigenvalue weighted by atomic mass is 9.85. The maximum Gasteiger partial charge on any atom is 0.248 e. The second-order valence-electron chi connectivity index (χ2n) is 9.66. The van der Waals surface area contributed by atoms with Crippen LogP contribution in [0.3, 0.4) is 0 Å². The van der Waals surface area contributed by atoms with Crippen LogP contribution in [-0.2, 0) is 16.0 Å². The number of rotatable bonds is 7. The molecule has 1 aromatic carbocycles. The molecule has 2 unspecified atom stereocenters. The molecule has 2 aliphatic rings.